The van der Waals surface area contributed by atoms with Crippen molar-refractivity contribution in [3.63, 3.8) is 0 Å². The molecule has 1 aromatic heterocycles. The molecule has 3 rings (SSSR count). The topological polar surface area (TPSA) is 68.1 Å². The largest absolute Gasteiger partial charge is 0.248 e. The van der Waals surface area contributed by atoms with E-state index < -0.39 is 10.0 Å². The van der Waals surface area contributed by atoms with Crippen LogP contribution in [0, 0.1) is 6.92 Å². The van der Waals surface area contributed by atoms with Gasteiger partial charge in [-0.15, -0.1) is 5.10 Å². The highest BCUT2D eigenvalue weighted by atomic mass is 35.5. The molecule has 112 valence electrons. The summed E-state index contributed by atoms with van der Waals surface area (Å²) < 4.78 is 28.7. The van der Waals surface area contributed by atoms with Gasteiger partial charge in [0.2, 0.25) is 10.0 Å². The zero-order valence-corrected chi connectivity index (χ0v) is 13.0. The molecule has 0 saturated carbocycles. The summed E-state index contributed by atoms with van der Waals surface area (Å²) in [6, 6.07) is 4.98. The van der Waals surface area contributed by atoms with E-state index in [0.717, 1.165) is 6.42 Å². The standard InChI is InChI=1S/C13H15ClN4O2S/c1-10-12(14)3-2-4-13(10)21(19,20)17-7-5-11(9-17)18-8-6-15-16-18/h2-4,6,8,11H,5,7,9H2,1H3. The first kappa shape index (κ1) is 14.5. The zero-order valence-electron chi connectivity index (χ0n) is 11.5. The van der Waals surface area contributed by atoms with Crippen molar-refractivity contribution in [2.45, 2.75) is 24.3 Å². The van der Waals surface area contributed by atoms with Crippen LogP contribution < -0.4 is 0 Å². The highest BCUT2D eigenvalue weighted by Gasteiger charge is 2.34. The highest BCUT2D eigenvalue weighted by Crippen LogP contribution is 2.30. The van der Waals surface area contributed by atoms with E-state index in [-0.39, 0.29) is 10.9 Å². The van der Waals surface area contributed by atoms with Crippen molar-refractivity contribution in [3.05, 3.63) is 41.2 Å². The van der Waals surface area contributed by atoms with Gasteiger partial charge in [0.1, 0.15) is 0 Å². The number of rotatable bonds is 3. The average Bonchev–Trinajstić information content (AvgIpc) is 3.11. The molecule has 0 spiro atoms. The normalized spacial score (nSPS) is 20.0. The smallest absolute Gasteiger partial charge is 0.243 e. The Labute approximate surface area is 128 Å². The van der Waals surface area contributed by atoms with Gasteiger partial charge in [-0.2, -0.15) is 4.31 Å². The number of aromatic nitrogens is 3. The molecule has 0 aliphatic carbocycles. The Morgan fingerprint density at radius 3 is 2.90 bits per heavy atom. The van der Waals surface area contributed by atoms with Crippen LogP contribution in [0.4, 0.5) is 0 Å². The first-order chi connectivity index (χ1) is 10.00. The number of nitrogens with zero attached hydrogens (tertiary/aromatic N) is 4. The predicted molar refractivity (Wildman–Crippen MR) is 78.6 cm³/mol. The number of benzene rings is 1. The lowest BCUT2D eigenvalue weighted by atomic mass is 10.2. The molecule has 2 aromatic rings. The second-order valence-corrected chi connectivity index (χ2v) is 7.37. The Kier molecular flexibility index (Phi) is 3.73. The van der Waals surface area contributed by atoms with Crippen molar-refractivity contribution in [1.29, 1.82) is 0 Å². The number of hydrogen-bond acceptors (Lipinski definition) is 4. The van der Waals surface area contributed by atoms with Crippen LogP contribution in [0.1, 0.15) is 18.0 Å². The van der Waals surface area contributed by atoms with Crippen LogP contribution in [0.15, 0.2) is 35.5 Å². The minimum Gasteiger partial charge on any atom is -0.248 e. The molecule has 1 fully saturated rings. The SMILES string of the molecule is Cc1c(Cl)cccc1S(=O)(=O)N1CCC(n2ccnn2)C1. The van der Waals surface area contributed by atoms with Crippen LogP contribution in [0.25, 0.3) is 0 Å². The van der Waals surface area contributed by atoms with Gasteiger partial charge < -0.3 is 0 Å². The quantitative estimate of drug-likeness (QED) is 0.863. The monoisotopic (exact) mass is 326 g/mol. The fourth-order valence-corrected chi connectivity index (χ4v) is 4.53. The molecule has 8 heteroatoms. The van der Waals surface area contributed by atoms with Crippen molar-refractivity contribution >= 4 is 21.6 Å². The second kappa shape index (κ2) is 5.40. The Balaban J connectivity index is 1.88. The van der Waals surface area contributed by atoms with Gasteiger partial charge in [-0.25, -0.2) is 13.1 Å². The molecule has 1 aromatic carbocycles. The summed E-state index contributed by atoms with van der Waals surface area (Å²) in [6.07, 6.45) is 4.08. The van der Waals surface area contributed by atoms with E-state index >= 15 is 0 Å². The zero-order chi connectivity index (χ0) is 15.0. The molecule has 1 atom stereocenters. The van der Waals surface area contributed by atoms with Crippen LogP contribution in [0.5, 0.6) is 0 Å². The maximum atomic E-state index is 12.7. The van der Waals surface area contributed by atoms with Crippen LogP contribution in [-0.2, 0) is 10.0 Å². The molecule has 0 bridgehead atoms. The third-order valence-electron chi connectivity index (χ3n) is 3.78. The van der Waals surface area contributed by atoms with E-state index in [2.05, 4.69) is 10.3 Å². The summed E-state index contributed by atoms with van der Waals surface area (Å²) in [5.41, 5.74) is 0.586. The lowest BCUT2D eigenvalue weighted by molar-refractivity contribution is 0.428. The molecule has 0 amide bonds. The molecule has 1 saturated heterocycles. The van der Waals surface area contributed by atoms with E-state index in [1.165, 1.54) is 4.31 Å². The highest BCUT2D eigenvalue weighted by molar-refractivity contribution is 7.89. The van der Waals surface area contributed by atoms with Gasteiger partial charge >= 0.3 is 0 Å². The Morgan fingerprint density at radius 2 is 2.19 bits per heavy atom. The van der Waals surface area contributed by atoms with Gasteiger partial charge in [-0.05, 0) is 31.0 Å². The number of hydrogen-bond donors (Lipinski definition) is 0. The van der Waals surface area contributed by atoms with E-state index in [9.17, 15) is 8.42 Å². The fourth-order valence-electron chi connectivity index (χ4n) is 2.56. The maximum Gasteiger partial charge on any atom is 0.243 e. The molecular weight excluding hydrogens is 312 g/mol. The van der Waals surface area contributed by atoms with Crippen molar-refractivity contribution < 1.29 is 8.42 Å². The molecule has 1 aliphatic heterocycles. The molecule has 0 N–H and O–H groups in total. The average molecular weight is 327 g/mol. The summed E-state index contributed by atoms with van der Waals surface area (Å²) in [6.45, 7) is 2.59. The van der Waals surface area contributed by atoms with Gasteiger partial charge in [0.25, 0.3) is 0 Å². The third kappa shape index (κ3) is 2.56. The molecule has 0 radical (unpaired) electrons. The van der Waals surface area contributed by atoms with Crippen LogP contribution in [0.2, 0.25) is 5.02 Å². The molecule has 21 heavy (non-hydrogen) atoms. The number of sulfonamides is 1. The van der Waals surface area contributed by atoms with Crippen LogP contribution in [-0.4, -0.2) is 40.8 Å². The molecule has 1 unspecified atom stereocenters. The van der Waals surface area contributed by atoms with Gasteiger partial charge in [0.15, 0.2) is 0 Å². The van der Waals surface area contributed by atoms with Crippen molar-refractivity contribution in [2.24, 2.45) is 0 Å². The van der Waals surface area contributed by atoms with Crippen molar-refractivity contribution in [2.75, 3.05) is 13.1 Å². The first-order valence-corrected chi connectivity index (χ1v) is 8.43. The van der Waals surface area contributed by atoms with Gasteiger partial charge in [-0.3, -0.25) is 0 Å². The minimum absolute atomic E-state index is 0.0294. The van der Waals surface area contributed by atoms with Gasteiger partial charge in [0.05, 0.1) is 17.1 Å². The first-order valence-electron chi connectivity index (χ1n) is 6.61. The van der Waals surface area contributed by atoms with Crippen molar-refractivity contribution in [3.8, 4) is 0 Å². The van der Waals surface area contributed by atoms with E-state index in [1.807, 2.05) is 0 Å². The van der Waals surface area contributed by atoms with Gasteiger partial charge in [0, 0.05) is 24.3 Å². The van der Waals surface area contributed by atoms with Crippen molar-refractivity contribution in [1.82, 2.24) is 19.3 Å². The van der Waals surface area contributed by atoms with Gasteiger partial charge in [-0.1, -0.05) is 22.9 Å². The molecule has 2 heterocycles. The summed E-state index contributed by atoms with van der Waals surface area (Å²) >= 11 is 6.03. The predicted octanol–water partition coefficient (Wildman–Crippen LogP) is 1.88. The Morgan fingerprint density at radius 1 is 1.38 bits per heavy atom. The lowest BCUT2D eigenvalue weighted by Crippen LogP contribution is -2.30. The van der Waals surface area contributed by atoms with E-state index in [4.69, 9.17) is 11.6 Å². The lowest BCUT2D eigenvalue weighted by Gasteiger charge is -2.18. The van der Waals surface area contributed by atoms with E-state index in [1.54, 1.807) is 42.2 Å². The number of halogens is 1. The fraction of sp³-hybridized carbons (Fsp3) is 0.385. The maximum absolute atomic E-state index is 12.7. The van der Waals surface area contributed by atoms with Crippen LogP contribution in [0.3, 0.4) is 0 Å². The second-order valence-electron chi connectivity index (χ2n) is 5.05. The molecular formula is C13H15ClN4O2S. The molecule has 6 nitrogen and oxygen atoms in total. The minimum atomic E-state index is -3.53. The van der Waals surface area contributed by atoms with Crippen LogP contribution >= 0.6 is 11.6 Å². The summed E-state index contributed by atoms with van der Waals surface area (Å²) in [5.74, 6) is 0. The summed E-state index contributed by atoms with van der Waals surface area (Å²) in [4.78, 5) is 0.272. The van der Waals surface area contributed by atoms with E-state index in [0.29, 0.717) is 23.7 Å². The summed E-state index contributed by atoms with van der Waals surface area (Å²) in [5, 5.41) is 8.17. The summed E-state index contributed by atoms with van der Waals surface area (Å²) in [7, 11) is -3.53. The Bertz CT molecular complexity index is 746. The third-order valence-corrected chi connectivity index (χ3v) is 6.20. The Hall–Kier alpha value is -1.44. The molecule has 1 aliphatic rings.